The predicted octanol–water partition coefficient (Wildman–Crippen LogP) is 2.82. The number of alkyl halides is 2. The summed E-state index contributed by atoms with van der Waals surface area (Å²) in [6, 6.07) is 4.04. The molecule has 1 amide bonds. The summed E-state index contributed by atoms with van der Waals surface area (Å²) in [5, 5.41) is 2.63. The van der Waals surface area contributed by atoms with Gasteiger partial charge in [-0.05, 0) is 25.0 Å². The average molecular weight is 330 g/mol. The summed E-state index contributed by atoms with van der Waals surface area (Å²) in [6.45, 7) is 1.47. The number of halogens is 2. The molecule has 0 fully saturated rings. The fourth-order valence-electron chi connectivity index (χ4n) is 1.95. The molecule has 0 aliphatic rings. The third-order valence-corrected chi connectivity index (χ3v) is 3.12. The van der Waals surface area contributed by atoms with Crippen LogP contribution in [0.1, 0.15) is 38.7 Å². The van der Waals surface area contributed by atoms with Crippen LogP contribution in [0.15, 0.2) is 18.2 Å². The first-order valence-corrected chi connectivity index (χ1v) is 7.71. The van der Waals surface area contributed by atoms with Crippen molar-refractivity contribution in [1.29, 1.82) is 0 Å². The highest BCUT2D eigenvalue weighted by molar-refractivity contribution is 5.81. The van der Waals surface area contributed by atoms with Crippen LogP contribution in [0.4, 0.5) is 8.78 Å². The summed E-state index contributed by atoms with van der Waals surface area (Å²) in [4.78, 5) is 11.8. The van der Waals surface area contributed by atoms with E-state index in [9.17, 15) is 13.6 Å². The van der Waals surface area contributed by atoms with Gasteiger partial charge in [-0.3, -0.25) is 4.79 Å². The molecule has 0 aliphatic carbocycles. The molecule has 1 unspecified atom stereocenters. The van der Waals surface area contributed by atoms with Crippen LogP contribution in [0.3, 0.4) is 0 Å². The molecule has 0 radical (unpaired) electrons. The van der Waals surface area contributed by atoms with Gasteiger partial charge in [0.1, 0.15) is 11.5 Å². The van der Waals surface area contributed by atoms with Crippen molar-refractivity contribution in [2.24, 2.45) is 5.73 Å². The number of nitrogens with one attached hydrogen (secondary N) is 1. The largest absolute Gasteiger partial charge is 0.493 e. The number of ether oxygens (including phenoxy) is 2. The molecule has 23 heavy (non-hydrogen) atoms. The summed E-state index contributed by atoms with van der Waals surface area (Å²) in [5.74, 6) is 0.111. The number of hydrogen-bond acceptors (Lipinski definition) is 4. The molecule has 1 rings (SSSR count). The monoisotopic (exact) mass is 330 g/mol. The van der Waals surface area contributed by atoms with Gasteiger partial charge in [-0.15, -0.1) is 0 Å². The number of rotatable bonds is 10. The van der Waals surface area contributed by atoms with Crippen LogP contribution in [0.5, 0.6) is 11.5 Å². The fraction of sp³-hybridized carbons (Fsp3) is 0.562. The summed E-state index contributed by atoms with van der Waals surface area (Å²) in [6.07, 6.45) is 2.16. The Labute approximate surface area is 135 Å². The summed E-state index contributed by atoms with van der Waals surface area (Å²) >= 11 is 0. The molecule has 0 spiro atoms. The smallest absolute Gasteiger partial charge is 0.387 e. The van der Waals surface area contributed by atoms with E-state index >= 15 is 0 Å². The van der Waals surface area contributed by atoms with Crippen LogP contribution >= 0.6 is 0 Å². The van der Waals surface area contributed by atoms with Crippen molar-refractivity contribution in [1.82, 2.24) is 5.32 Å². The van der Waals surface area contributed by atoms with Crippen molar-refractivity contribution in [3.63, 3.8) is 0 Å². The summed E-state index contributed by atoms with van der Waals surface area (Å²) in [5.41, 5.74) is 6.14. The predicted molar refractivity (Wildman–Crippen MR) is 83.6 cm³/mol. The molecular weight excluding hydrogens is 306 g/mol. The van der Waals surface area contributed by atoms with Gasteiger partial charge < -0.3 is 20.5 Å². The second kappa shape index (κ2) is 9.99. The van der Waals surface area contributed by atoms with Crippen LogP contribution in [0, 0.1) is 0 Å². The molecule has 5 nitrogen and oxygen atoms in total. The SMILES string of the molecule is CCCOc1ccc(CNC(=O)C(N)CCC)c(OC(F)F)c1. The second-order valence-electron chi connectivity index (χ2n) is 5.11. The minimum Gasteiger partial charge on any atom is -0.493 e. The van der Waals surface area contributed by atoms with E-state index < -0.39 is 12.7 Å². The molecule has 0 saturated heterocycles. The molecule has 0 bridgehead atoms. The maximum absolute atomic E-state index is 12.5. The Morgan fingerprint density at radius 2 is 2.04 bits per heavy atom. The molecule has 1 aromatic carbocycles. The van der Waals surface area contributed by atoms with Crippen LogP contribution < -0.4 is 20.5 Å². The Hall–Kier alpha value is -1.89. The van der Waals surface area contributed by atoms with Gasteiger partial charge in [0.2, 0.25) is 5.91 Å². The molecular formula is C16H24F2N2O3. The summed E-state index contributed by atoms with van der Waals surface area (Å²) in [7, 11) is 0. The maximum atomic E-state index is 12.5. The number of carbonyl (C=O) groups is 1. The van der Waals surface area contributed by atoms with Crippen molar-refractivity contribution in [2.45, 2.75) is 52.3 Å². The number of carbonyl (C=O) groups excluding carboxylic acids is 1. The van der Waals surface area contributed by atoms with Crippen LogP contribution in [-0.4, -0.2) is 25.2 Å². The molecule has 0 aromatic heterocycles. The lowest BCUT2D eigenvalue weighted by atomic mass is 10.1. The zero-order chi connectivity index (χ0) is 17.2. The second-order valence-corrected chi connectivity index (χ2v) is 5.11. The number of benzene rings is 1. The zero-order valence-electron chi connectivity index (χ0n) is 13.5. The van der Waals surface area contributed by atoms with Crippen molar-refractivity contribution >= 4 is 5.91 Å². The van der Waals surface area contributed by atoms with E-state index in [4.69, 9.17) is 10.5 Å². The van der Waals surface area contributed by atoms with Crippen molar-refractivity contribution in [3.05, 3.63) is 23.8 Å². The van der Waals surface area contributed by atoms with E-state index in [0.717, 1.165) is 12.8 Å². The topological polar surface area (TPSA) is 73.6 Å². The van der Waals surface area contributed by atoms with Crippen molar-refractivity contribution in [2.75, 3.05) is 6.61 Å². The van der Waals surface area contributed by atoms with Crippen molar-refractivity contribution < 1.29 is 23.0 Å². The third-order valence-electron chi connectivity index (χ3n) is 3.12. The number of nitrogens with two attached hydrogens (primary N) is 1. The average Bonchev–Trinajstić information content (AvgIpc) is 2.51. The van der Waals surface area contributed by atoms with E-state index in [1.54, 1.807) is 12.1 Å². The highest BCUT2D eigenvalue weighted by Gasteiger charge is 2.15. The molecule has 1 aromatic rings. The molecule has 3 N–H and O–H groups in total. The van der Waals surface area contributed by atoms with Crippen LogP contribution in [0.25, 0.3) is 0 Å². The van der Waals surface area contributed by atoms with Gasteiger partial charge in [0, 0.05) is 18.2 Å². The standard InChI is InChI=1S/C16H24F2N2O3/c1-3-5-13(19)15(21)20-10-11-6-7-12(22-8-4-2)9-14(11)23-16(17)18/h6-7,9,13,16H,3-5,8,10,19H2,1-2H3,(H,20,21). The number of hydrogen-bond donors (Lipinski definition) is 2. The number of amides is 1. The van der Waals surface area contributed by atoms with Gasteiger partial charge in [0.25, 0.3) is 0 Å². The Morgan fingerprint density at radius 1 is 1.30 bits per heavy atom. The van der Waals surface area contributed by atoms with E-state index in [2.05, 4.69) is 10.1 Å². The Kier molecular flexibility index (Phi) is 8.32. The maximum Gasteiger partial charge on any atom is 0.387 e. The minimum absolute atomic E-state index is 0.0158. The summed E-state index contributed by atoms with van der Waals surface area (Å²) < 4.78 is 35.0. The van der Waals surface area contributed by atoms with Gasteiger partial charge in [0.15, 0.2) is 0 Å². The van der Waals surface area contributed by atoms with Crippen LogP contribution in [-0.2, 0) is 11.3 Å². The van der Waals surface area contributed by atoms with Crippen molar-refractivity contribution in [3.8, 4) is 11.5 Å². The lowest BCUT2D eigenvalue weighted by molar-refractivity contribution is -0.122. The Balaban J connectivity index is 2.77. The van der Waals surface area contributed by atoms with E-state index in [1.165, 1.54) is 6.07 Å². The molecule has 0 aliphatic heterocycles. The lowest BCUT2D eigenvalue weighted by Crippen LogP contribution is -2.40. The fourth-order valence-corrected chi connectivity index (χ4v) is 1.95. The quantitative estimate of drug-likeness (QED) is 0.692. The Bertz CT molecular complexity index is 498. The molecule has 7 heteroatoms. The third kappa shape index (κ3) is 6.81. The first-order chi connectivity index (χ1) is 11.0. The first-order valence-electron chi connectivity index (χ1n) is 7.71. The highest BCUT2D eigenvalue weighted by atomic mass is 19.3. The van der Waals surface area contributed by atoms with Gasteiger partial charge >= 0.3 is 6.61 Å². The highest BCUT2D eigenvalue weighted by Crippen LogP contribution is 2.26. The van der Waals surface area contributed by atoms with E-state index in [-0.39, 0.29) is 18.2 Å². The van der Waals surface area contributed by atoms with Gasteiger partial charge in [-0.1, -0.05) is 20.3 Å². The lowest BCUT2D eigenvalue weighted by Gasteiger charge is -2.15. The van der Waals surface area contributed by atoms with Gasteiger partial charge in [-0.25, -0.2) is 0 Å². The molecule has 0 heterocycles. The molecule has 1 atom stereocenters. The zero-order valence-corrected chi connectivity index (χ0v) is 13.5. The minimum atomic E-state index is -2.95. The first kappa shape index (κ1) is 19.2. The van der Waals surface area contributed by atoms with E-state index in [0.29, 0.717) is 24.3 Å². The molecule has 130 valence electrons. The normalized spacial score (nSPS) is 12.1. The van der Waals surface area contributed by atoms with Gasteiger partial charge in [0.05, 0.1) is 12.6 Å². The molecule has 0 saturated carbocycles. The van der Waals surface area contributed by atoms with Crippen LogP contribution in [0.2, 0.25) is 0 Å². The Morgan fingerprint density at radius 3 is 2.65 bits per heavy atom. The van der Waals surface area contributed by atoms with E-state index in [1.807, 2.05) is 13.8 Å². The van der Waals surface area contributed by atoms with Gasteiger partial charge in [-0.2, -0.15) is 8.78 Å².